The maximum atomic E-state index is 13.5. The summed E-state index contributed by atoms with van der Waals surface area (Å²) in [5.74, 6) is -1.38. The number of carbonyl (C=O) groups excluding carboxylic acids is 4. The van der Waals surface area contributed by atoms with Gasteiger partial charge in [-0.25, -0.2) is 9.97 Å². The van der Waals surface area contributed by atoms with Gasteiger partial charge in [-0.3, -0.25) is 24.2 Å². The van der Waals surface area contributed by atoms with Crippen molar-refractivity contribution in [3.63, 3.8) is 0 Å². The third kappa shape index (κ3) is 10.1. The van der Waals surface area contributed by atoms with E-state index in [9.17, 15) is 19.2 Å². The van der Waals surface area contributed by atoms with Crippen molar-refractivity contribution >= 4 is 80.0 Å². The predicted molar refractivity (Wildman–Crippen MR) is 244 cm³/mol. The van der Waals surface area contributed by atoms with Crippen molar-refractivity contribution in [2.45, 2.75) is 32.9 Å². The van der Waals surface area contributed by atoms with Gasteiger partial charge in [0.15, 0.2) is 0 Å². The van der Waals surface area contributed by atoms with E-state index in [-0.39, 0.29) is 11.5 Å². The first-order valence-corrected chi connectivity index (χ1v) is 20.4. The Kier molecular flexibility index (Phi) is 13.6. The summed E-state index contributed by atoms with van der Waals surface area (Å²) in [4.78, 5) is 64.4. The fourth-order valence-electron chi connectivity index (χ4n) is 7.08. The number of anilines is 2. The number of rotatable bonds is 13. The largest absolute Gasteiger partial charge is 0.497 e. The van der Waals surface area contributed by atoms with Crippen LogP contribution in [0.2, 0.25) is 10.0 Å². The number of hydrogen-bond donors (Lipinski definition) is 2. The third-order valence-electron chi connectivity index (χ3n) is 10.0. The number of aromatic nitrogens is 5. The molecule has 0 aliphatic carbocycles. The highest BCUT2D eigenvalue weighted by molar-refractivity contribution is 6.49. The van der Waals surface area contributed by atoms with Crippen LogP contribution in [-0.4, -0.2) is 61.7 Å². The van der Waals surface area contributed by atoms with Crippen LogP contribution < -0.4 is 20.1 Å². The Labute approximate surface area is 372 Å². The van der Waals surface area contributed by atoms with E-state index < -0.39 is 23.4 Å². The number of halogens is 2. The van der Waals surface area contributed by atoms with Crippen molar-refractivity contribution in [3.05, 3.63) is 172 Å². The highest BCUT2D eigenvalue weighted by Crippen LogP contribution is 2.35. The van der Waals surface area contributed by atoms with E-state index in [0.717, 1.165) is 22.3 Å². The molecule has 0 unspecified atom stereocenters. The van der Waals surface area contributed by atoms with Crippen LogP contribution in [-0.2, 0) is 22.7 Å². The number of benzene rings is 3. The summed E-state index contributed by atoms with van der Waals surface area (Å²) in [5.41, 5.74) is 5.31. The number of ether oxygens (including phenoxy) is 2. The Bertz CT molecular complexity index is 2930. The highest BCUT2D eigenvalue weighted by atomic mass is 35.5. The van der Waals surface area contributed by atoms with Gasteiger partial charge in [-0.05, 0) is 89.8 Å². The number of Topliss-reactive ketones (excluding diaryl/α,β-unsaturated/α-hetero) is 2. The number of methoxy groups -OCH3 is 2. The molecule has 0 spiro atoms. The van der Waals surface area contributed by atoms with E-state index in [2.05, 4.69) is 30.2 Å². The van der Waals surface area contributed by atoms with Gasteiger partial charge < -0.3 is 29.2 Å². The average molecular weight is 883 g/mol. The summed E-state index contributed by atoms with van der Waals surface area (Å²) >= 11 is 12.0. The van der Waals surface area contributed by atoms with Gasteiger partial charge in [0.05, 0.1) is 43.4 Å². The molecule has 0 aliphatic heterocycles. The second-order valence-electron chi connectivity index (χ2n) is 14.6. The summed E-state index contributed by atoms with van der Waals surface area (Å²) < 4.78 is 14.6. The van der Waals surface area contributed by atoms with Gasteiger partial charge in [-0.2, -0.15) is 0 Å². The molecule has 318 valence electrons. The zero-order valence-electron chi connectivity index (χ0n) is 34.6. The lowest BCUT2D eigenvalue weighted by Crippen LogP contribution is -2.24. The molecular weight excluding hydrogens is 841 g/mol. The van der Waals surface area contributed by atoms with Crippen molar-refractivity contribution in [2.75, 3.05) is 24.9 Å². The first-order valence-electron chi connectivity index (χ1n) is 19.7. The van der Waals surface area contributed by atoms with E-state index in [4.69, 9.17) is 32.7 Å². The average Bonchev–Trinajstić information content (AvgIpc) is 3.82. The Hall–Kier alpha value is -7.35. The van der Waals surface area contributed by atoms with Crippen molar-refractivity contribution < 1.29 is 28.7 Å². The molecule has 0 saturated carbocycles. The van der Waals surface area contributed by atoms with Crippen LogP contribution in [0.3, 0.4) is 0 Å². The monoisotopic (exact) mass is 881 g/mol. The van der Waals surface area contributed by atoms with Gasteiger partial charge in [-0.15, -0.1) is 0 Å². The van der Waals surface area contributed by atoms with Crippen LogP contribution in [0.4, 0.5) is 11.5 Å². The Morgan fingerprint density at radius 2 is 1.35 bits per heavy atom. The topological polar surface area (TPSA) is 159 Å². The normalized spacial score (nSPS) is 10.9. The number of hydrogen-bond acceptors (Lipinski definition) is 9. The smallest absolute Gasteiger partial charge is 0.298 e. The maximum absolute atomic E-state index is 13.5. The van der Waals surface area contributed by atoms with Gasteiger partial charge in [0.1, 0.15) is 23.0 Å². The second-order valence-corrected chi connectivity index (χ2v) is 15.5. The quantitative estimate of drug-likeness (QED) is 0.0849. The molecule has 0 radical (unpaired) electrons. The van der Waals surface area contributed by atoms with Gasteiger partial charge in [0.2, 0.25) is 0 Å². The fourth-order valence-corrected chi connectivity index (χ4v) is 7.34. The summed E-state index contributed by atoms with van der Waals surface area (Å²) in [6.45, 7) is 5.02. The molecule has 8 aromatic rings. The number of fused-ring (bicyclic) bond motifs is 2. The van der Waals surface area contributed by atoms with Crippen LogP contribution in [0.25, 0.3) is 21.9 Å². The summed E-state index contributed by atoms with van der Waals surface area (Å²) in [7, 11) is 3.09. The summed E-state index contributed by atoms with van der Waals surface area (Å²) in [5, 5.41) is 7.69. The molecule has 3 aromatic carbocycles. The molecule has 0 bridgehead atoms. The predicted octanol–water partition coefficient (Wildman–Crippen LogP) is 9.65. The molecule has 8 rings (SSSR count). The first-order chi connectivity index (χ1) is 30.4. The summed E-state index contributed by atoms with van der Waals surface area (Å²) in [6.07, 6.45) is 7.84. The third-order valence-corrected chi connectivity index (χ3v) is 10.5. The molecule has 0 aliphatic rings. The minimum Gasteiger partial charge on any atom is -0.497 e. The molecular formula is C48H41Cl2N7O6. The van der Waals surface area contributed by atoms with E-state index in [0.29, 0.717) is 68.1 Å². The Balaban J connectivity index is 0.000000190. The lowest BCUT2D eigenvalue weighted by Gasteiger charge is -2.15. The molecule has 2 N–H and O–H groups in total. The lowest BCUT2D eigenvalue weighted by atomic mass is 9.99. The molecule has 63 heavy (non-hydrogen) atoms. The fraction of sp³-hybridized carbons (Fsp3) is 0.146. The molecule has 5 aromatic heterocycles. The zero-order chi connectivity index (χ0) is 44.6. The van der Waals surface area contributed by atoms with E-state index >= 15 is 0 Å². The molecule has 0 fully saturated rings. The standard InChI is InChI=1S/C26H24ClN3O3.C22H17ClN4O3/c1-16(2)24-23(25(31)26(32)29-19-5-4-12-28-14-19)21-13-20(33-3)10-11-22(21)30(24)15-17-6-8-18(27)9-7-17;1-30-16-10-17-18(20(28)22(29)26-19-4-2-3-9-24-19)13-27(21(17)25-11-16)12-14-5-7-15(23)8-6-14/h4-14,16H,15H2,1-3H3,(H,29,32);2-11,13H,12H2,1H3,(H,24,26,29). The van der Waals surface area contributed by atoms with Crippen LogP contribution in [0.5, 0.6) is 11.5 Å². The lowest BCUT2D eigenvalue weighted by molar-refractivity contribution is -0.113. The SMILES string of the molecule is COc1ccc2c(c1)c(C(=O)C(=O)Nc1cccnc1)c(C(C)C)n2Cc1ccc(Cl)cc1.COc1cnc2c(c1)c(C(=O)C(=O)Nc1ccccn1)cn2Cc1ccc(Cl)cc1. The molecule has 0 atom stereocenters. The van der Waals surface area contributed by atoms with Crippen LogP contribution in [0.1, 0.15) is 57.3 Å². The molecule has 15 heteroatoms. The van der Waals surface area contributed by atoms with Gasteiger partial charge in [-0.1, -0.05) is 67.4 Å². The number of amides is 2. The Morgan fingerprint density at radius 1 is 0.683 bits per heavy atom. The van der Waals surface area contributed by atoms with Gasteiger partial charge in [0, 0.05) is 63.7 Å². The first kappa shape index (κ1) is 43.7. The van der Waals surface area contributed by atoms with E-state index in [1.54, 1.807) is 74.2 Å². The highest BCUT2D eigenvalue weighted by Gasteiger charge is 2.29. The number of nitrogens with one attached hydrogen (secondary N) is 2. The number of carbonyl (C=O) groups is 4. The van der Waals surface area contributed by atoms with Gasteiger partial charge in [0.25, 0.3) is 23.4 Å². The maximum Gasteiger partial charge on any atom is 0.298 e. The molecule has 5 heterocycles. The molecule has 0 saturated heterocycles. The van der Waals surface area contributed by atoms with Crippen molar-refractivity contribution in [3.8, 4) is 11.5 Å². The van der Waals surface area contributed by atoms with Crippen LogP contribution in [0.15, 0.2) is 134 Å². The van der Waals surface area contributed by atoms with E-state index in [1.807, 2.05) is 73.0 Å². The Morgan fingerprint density at radius 3 is 1.97 bits per heavy atom. The molecule has 2 amide bonds. The molecule has 13 nitrogen and oxygen atoms in total. The van der Waals surface area contributed by atoms with Crippen LogP contribution >= 0.6 is 23.2 Å². The second kappa shape index (κ2) is 19.6. The summed E-state index contributed by atoms with van der Waals surface area (Å²) in [6, 6.07) is 30.7. The minimum absolute atomic E-state index is 0.0131. The van der Waals surface area contributed by atoms with Gasteiger partial charge >= 0.3 is 0 Å². The van der Waals surface area contributed by atoms with Crippen LogP contribution in [0, 0.1) is 0 Å². The van der Waals surface area contributed by atoms with Crippen molar-refractivity contribution in [1.29, 1.82) is 0 Å². The number of pyridine rings is 3. The number of nitrogens with zero attached hydrogens (tertiary/aromatic N) is 5. The minimum atomic E-state index is -0.776. The van der Waals surface area contributed by atoms with E-state index in [1.165, 1.54) is 19.5 Å². The number of ketones is 2. The van der Waals surface area contributed by atoms with Crippen molar-refractivity contribution in [2.24, 2.45) is 0 Å². The van der Waals surface area contributed by atoms with Crippen molar-refractivity contribution in [1.82, 2.24) is 24.1 Å². The zero-order valence-corrected chi connectivity index (χ0v) is 36.1.